The highest BCUT2D eigenvalue weighted by Crippen LogP contribution is 2.34. The van der Waals surface area contributed by atoms with E-state index >= 15 is 0 Å². The van der Waals surface area contributed by atoms with E-state index in [9.17, 15) is 0 Å². The van der Waals surface area contributed by atoms with Crippen LogP contribution in [-0.4, -0.2) is 12.4 Å². The van der Waals surface area contributed by atoms with Crippen LogP contribution in [0.1, 0.15) is 22.8 Å². The highest BCUT2D eigenvalue weighted by atomic mass is 32.2. The van der Waals surface area contributed by atoms with Crippen molar-refractivity contribution in [2.75, 3.05) is 18.1 Å². The Morgan fingerprint density at radius 2 is 2.10 bits per heavy atom. The van der Waals surface area contributed by atoms with Crippen LogP contribution in [0.3, 0.4) is 0 Å². The molecule has 0 radical (unpaired) electrons. The summed E-state index contributed by atoms with van der Waals surface area (Å²) in [6, 6.07) is 14.8. The van der Waals surface area contributed by atoms with Crippen LogP contribution in [0, 0.1) is 6.92 Å². The highest BCUT2D eigenvalue weighted by molar-refractivity contribution is 7.99. The maximum atomic E-state index is 6.04. The molecule has 0 fully saturated rings. The van der Waals surface area contributed by atoms with E-state index in [0.29, 0.717) is 0 Å². The van der Waals surface area contributed by atoms with Gasteiger partial charge in [-0.3, -0.25) is 0 Å². The number of aryl methyl sites for hydroxylation is 1. The lowest BCUT2D eigenvalue weighted by molar-refractivity contribution is 0.0588. The van der Waals surface area contributed by atoms with Crippen LogP contribution in [0.4, 0.5) is 5.69 Å². The second-order valence-corrected chi connectivity index (χ2v) is 6.22. The summed E-state index contributed by atoms with van der Waals surface area (Å²) < 4.78 is 5.93. The van der Waals surface area contributed by atoms with E-state index in [0.717, 1.165) is 29.4 Å². The summed E-state index contributed by atoms with van der Waals surface area (Å²) in [6.45, 7) is 2.90. The minimum atomic E-state index is 0.171. The van der Waals surface area contributed by atoms with Gasteiger partial charge in [-0.2, -0.15) is 0 Å². The summed E-state index contributed by atoms with van der Waals surface area (Å²) >= 11 is 1.78. The first-order valence-corrected chi connectivity index (χ1v) is 7.91. The zero-order chi connectivity index (χ0) is 13.9. The third kappa shape index (κ3) is 2.84. The number of anilines is 1. The molecule has 1 aliphatic rings. The number of rotatable bonds is 3. The van der Waals surface area contributed by atoms with Crippen molar-refractivity contribution in [3.8, 4) is 0 Å². The molecular formula is C17H19NOS. The predicted octanol–water partition coefficient (Wildman–Crippen LogP) is 3.98. The van der Waals surface area contributed by atoms with Gasteiger partial charge in [0, 0.05) is 16.3 Å². The van der Waals surface area contributed by atoms with Gasteiger partial charge in [0.05, 0.1) is 12.7 Å². The average molecular weight is 285 g/mol. The molecule has 2 aromatic rings. The molecule has 0 aliphatic carbocycles. The molecule has 3 rings (SSSR count). The Bertz CT molecular complexity index is 612. The molecular weight excluding hydrogens is 266 g/mol. The molecule has 1 unspecified atom stereocenters. The lowest BCUT2D eigenvalue weighted by Gasteiger charge is -2.26. The molecule has 0 spiro atoms. The van der Waals surface area contributed by atoms with Crippen LogP contribution in [0.15, 0.2) is 47.4 Å². The SMILES string of the molecule is Cc1ccc(N)c(SCC2OCCc3ccccc32)c1. The van der Waals surface area contributed by atoms with Crippen LogP contribution >= 0.6 is 11.8 Å². The zero-order valence-corrected chi connectivity index (χ0v) is 12.5. The van der Waals surface area contributed by atoms with Crippen LogP contribution in [0.2, 0.25) is 0 Å². The molecule has 2 aromatic carbocycles. The van der Waals surface area contributed by atoms with E-state index in [-0.39, 0.29) is 6.10 Å². The smallest absolute Gasteiger partial charge is 0.0921 e. The van der Waals surface area contributed by atoms with Gasteiger partial charge in [0.25, 0.3) is 0 Å². The molecule has 104 valence electrons. The number of hydrogen-bond acceptors (Lipinski definition) is 3. The number of nitrogen functional groups attached to an aromatic ring is 1. The third-order valence-electron chi connectivity index (χ3n) is 3.65. The number of thioether (sulfide) groups is 1. The molecule has 0 aromatic heterocycles. The third-order valence-corrected chi connectivity index (χ3v) is 4.79. The van der Waals surface area contributed by atoms with Gasteiger partial charge in [-0.05, 0) is 42.2 Å². The molecule has 0 bridgehead atoms. The summed E-state index contributed by atoms with van der Waals surface area (Å²) in [5, 5.41) is 0. The van der Waals surface area contributed by atoms with Crippen molar-refractivity contribution in [3.05, 3.63) is 59.2 Å². The second-order valence-electron chi connectivity index (χ2n) is 5.16. The molecule has 3 heteroatoms. The fourth-order valence-corrected chi connectivity index (χ4v) is 3.66. The van der Waals surface area contributed by atoms with Gasteiger partial charge >= 0.3 is 0 Å². The van der Waals surface area contributed by atoms with Gasteiger partial charge in [-0.15, -0.1) is 11.8 Å². The molecule has 0 saturated carbocycles. The molecule has 1 aliphatic heterocycles. The van der Waals surface area contributed by atoms with E-state index < -0.39 is 0 Å². The summed E-state index contributed by atoms with van der Waals surface area (Å²) in [4.78, 5) is 1.15. The number of hydrogen-bond donors (Lipinski definition) is 1. The minimum Gasteiger partial charge on any atom is -0.398 e. The monoisotopic (exact) mass is 285 g/mol. The molecule has 2 N–H and O–H groups in total. The van der Waals surface area contributed by atoms with E-state index in [1.807, 2.05) is 12.1 Å². The summed E-state index contributed by atoms with van der Waals surface area (Å²) in [7, 11) is 0. The molecule has 2 nitrogen and oxygen atoms in total. The quantitative estimate of drug-likeness (QED) is 0.684. The fraction of sp³-hybridized carbons (Fsp3) is 0.294. The fourth-order valence-electron chi connectivity index (χ4n) is 2.55. The first-order valence-electron chi connectivity index (χ1n) is 6.92. The zero-order valence-electron chi connectivity index (χ0n) is 11.6. The van der Waals surface area contributed by atoms with Gasteiger partial charge in [-0.1, -0.05) is 30.3 Å². The molecule has 0 amide bonds. The van der Waals surface area contributed by atoms with Gasteiger partial charge in [0.1, 0.15) is 0 Å². The summed E-state index contributed by atoms with van der Waals surface area (Å²) in [5.41, 5.74) is 10.9. The van der Waals surface area contributed by atoms with Crippen molar-refractivity contribution in [2.24, 2.45) is 0 Å². The normalized spacial score (nSPS) is 17.8. The number of fused-ring (bicyclic) bond motifs is 1. The van der Waals surface area contributed by atoms with E-state index in [2.05, 4.69) is 37.3 Å². The van der Waals surface area contributed by atoms with Crippen molar-refractivity contribution >= 4 is 17.4 Å². The highest BCUT2D eigenvalue weighted by Gasteiger charge is 2.20. The van der Waals surface area contributed by atoms with Gasteiger partial charge in [0.15, 0.2) is 0 Å². The molecule has 0 saturated heterocycles. The predicted molar refractivity (Wildman–Crippen MR) is 85.2 cm³/mol. The van der Waals surface area contributed by atoms with E-state index in [1.165, 1.54) is 16.7 Å². The summed E-state index contributed by atoms with van der Waals surface area (Å²) in [5.74, 6) is 0.907. The van der Waals surface area contributed by atoms with Crippen LogP contribution in [-0.2, 0) is 11.2 Å². The lowest BCUT2D eigenvalue weighted by Crippen LogP contribution is -2.17. The Kier molecular flexibility index (Phi) is 3.99. The van der Waals surface area contributed by atoms with Crippen molar-refractivity contribution in [3.63, 3.8) is 0 Å². The Balaban J connectivity index is 1.75. The number of nitrogens with two attached hydrogens (primary N) is 1. The Labute approximate surface area is 124 Å². The van der Waals surface area contributed by atoms with E-state index in [4.69, 9.17) is 10.5 Å². The maximum absolute atomic E-state index is 6.04. The van der Waals surface area contributed by atoms with Crippen molar-refractivity contribution in [1.29, 1.82) is 0 Å². The van der Waals surface area contributed by atoms with Crippen molar-refractivity contribution < 1.29 is 4.74 Å². The first-order chi connectivity index (χ1) is 9.74. The number of ether oxygens (including phenoxy) is 1. The molecule has 1 atom stereocenters. The Morgan fingerprint density at radius 3 is 3.00 bits per heavy atom. The van der Waals surface area contributed by atoms with Crippen molar-refractivity contribution in [1.82, 2.24) is 0 Å². The largest absolute Gasteiger partial charge is 0.398 e. The second kappa shape index (κ2) is 5.90. The standard InChI is InChI=1S/C17H19NOS/c1-12-6-7-15(18)17(10-12)20-11-16-14-5-3-2-4-13(14)8-9-19-16/h2-7,10,16H,8-9,11,18H2,1H3. The molecule has 20 heavy (non-hydrogen) atoms. The van der Waals surface area contributed by atoms with Gasteiger partial charge in [-0.25, -0.2) is 0 Å². The molecule has 1 heterocycles. The lowest BCUT2D eigenvalue weighted by atomic mass is 9.99. The van der Waals surface area contributed by atoms with Gasteiger partial charge in [0.2, 0.25) is 0 Å². The Morgan fingerprint density at radius 1 is 1.25 bits per heavy atom. The number of benzene rings is 2. The van der Waals surface area contributed by atoms with Gasteiger partial charge < -0.3 is 10.5 Å². The van der Waals surface area contributed by atoms with Crippen LogP contribution in [0.5, 0.6) is 0 Å². The van der Waals surface area contributed by atoms with Crippen LogP contribution in [0.25, 0.3) is 0 Å². The maximum Gasteiger partial charge on any atom is 0.0921 e. The van der Waals surface area contributed by atoms with E-state index in [1.54, 1.807) is 11.8 Å². The van der Waals surface area contributed by atoms with Crippen LogP contribution < -0.4 is 5.73 Å². The minimum absolute atomic E-state index is 0.171. The average Bonchev–Trinajstić information content (AvgIpc) is 2.48. The Hall–Kier alpha value is -1.45. The first kappa shape index (κ1) is 13.5. The summed E-state index contributed by atoms with van der Waals surface area (Å²) in [6.07, 6.45) is 1.19. The topological polar surface area (TPSA) is 35.2 Å². The van der Waals surface area contributed by atoms with Crippen molar-refractivity contribution in [2.45, 2.75) is 24.3 Å².